The molecule has 0 aliphatic rings. The summed E-state index contributed by atoms with van der Waals surface area (Å²) in [6.45, 7) is 0. The van der Waals surface area contributed by atoms with Crippen molar-refractivity contribution in [2.75, 3.05) is 12.4 Å². The molecule has 6 heteroatoms. The third kappa shape index (κ3) is 2.78. The van der Waals surface area contributed by atoms with E-state index in [-0.39, 0.29) is 0 Å². The molecule has 0 unspecified atom stereocenters. The van der Waals surface area contributed by atoms with Crippen molar-refractivity contribution in [1.82, 2.24) is 19.5 Å². The lowest BCUT2D eigenvalue weighted by Crippen LogP contribution is -2.00. The van der Waals surface area contributed by atoms with Crippen molar-refractivity contribution >= 4 is 22.7 Å². The number of para-hydroxylation sites is 2. The lowest BCUT2D eigenvalue weighted by atomic mass is 10.2. The quantitative estimate of drug-likeness (QED) is 0.616. The third-order valence-corrected chi connectivity index (χ3v) is 4.08. The topological polar surface area (TPSA) is 64.9 Å². The number of hydrogen-bond donors (Lipinski definition) is 1. The van der Waals surface area contributed by atoms with Gasteiger partial charge in [0.25, 0.3) is 0 Å². The summed E-state index contributed by atoms with van der Waals surface area (Å²) >= 11 is 0. The van der Waals surface area contributed by atoms with E-state index in [1.165, 1.54) is 0 Å². The number of aryl methyl sites for hydroxylation is 1. The lowest BCUT2D eigenvalue weighted by Gasteiger charge is -2.10. The summed E-state index contributed by atoms with van der Waals surface area (Å²) in [6, 6.07) is 13.7. The van der Waals surface area contributed by atoms with Crippen LogP contribution >= 0.6 is 0 Å². The molecule has 0 fully saturated rings. The molecule has 4 aromatic rings. The fourth-order valence-electron chi connectivity index (χ4n) is 2.75. The minimum absolute atomic E-state index is 0.727. The highest BCUT2D eigenvalue weighted by Crippen LogP contribution is 2.29. The van der Waals surface area contributed by atoms with E-state index in [0.717, 1.165) is 39.7 Å². The lowest BCUT2D eigenvalue weighted by molar-refractivity contribution is 0.417. The van der Waals surface area contributed by atoms with Crippen molar-refractivity contribution in [2.45, 2.75) is 0 Å². The Labute approximate surface area is 145 Å². The van der Waals surface area contributed by atoms with E-state index in [0.29, 0.717) is 0 Å². The predicted molar refractivity (Wildman–Crippen MR) is 98.0 cm³/mol. The van der Waals surface area contributed by atoms with Gasteiger partial charge in [-0.3, -0.25) is 9.97 Å². The number of benzene rings is 1. The van der Waals surface area contributed by atoms with E-state index < -0.39 is 0 Å². The average Bonchev–Trinajstić information content (AvgIpc) is 2.98. The summed E-state index contributed by atoms with van der Waals surface area (Å²) in [7, 11) is 3.62. The summed E-state index contributed by atoms with van der Waals surface area (Å²) in [4.78, 5) is 13.3. The van der Waals surface area contributed by atoms with Gasteiger partial charge in [-0.2, -0.15) is 0 Å². The highest BCUT2D eigenvalue weighted by molar-refractivity contribution is 5.83. The summed E-state index contributed by atoms with van der Waals surface area (Å²) in [5, 5.41) is 3.33. The SMILES string of the molecule is COc1ccccc1Nc1nc2cnc(-c3cccnc3)cc2n1C. The van der Waals surface area contributed by atoms with Gasteiger partial charge in [-0.05, 0) is 30.3 Å². The van der Waals surface area contributed by atoms with Gasteiger partial charge in [0.1, 0.15) is 11.3 Å². The molecule has 0 aliphatic heterocycles. The van der Waals surface area contributed by atoms with Crippen LogP contribution in [-0.4, -0.2) is 26.6 Å². The zero-order valence-electron chi connectivity index (χ0n) is 14.0. The molecule has 0 aliphatic carbocycles. The van der Waals surface area contributed by atoms with E-state index in [9.17, 15) is 0 Å². The number of ether oxygens (including phenoxy) is 1. The van der Waals surface area contributed by atoms with E-state index in [1.54, 1.807) is 25.7 Å². The van der Waals surface area contributed by atoms with Crippen molar-refractivity contribution in [3.05, 3.63) is 61.1 Å². The Kier molecular flexibility index (Phi) is 3.78. The summed E-state index contributed by atoms with van der Waals surface area (Å²) < 4.78 is 7.39. The standard InChI is InChI=1S/C19H17N5O/c1-24-17-10-15(13-6-5-9-20-11-13)21-12-16(17)23-19(24)22-14-7-3-4-8-18(14)25-2/h3-12H,1-2H3,(H,22,23). The van der Waals surface area contributed by atoms with Crippen LogP contribution in [0.1, 0.15) is 0 Å². The predicted octanol–water partition coefficient (Wildman–Crippen LogP) is 3.78. The number of anilines is 2. The molecule has 25 heavy (non-hydrogen) atoms. The number of hydrogen-bond acceptors (Lipinski definition) is 5. The first-order valence-electron chi connectivity index (χ1n) is 7.89. The van der Waals surface area contributed by atoms with Gasteiger partial charge in [0, 0.05) is 25.0 Å². The number of methoxy groups -OCH3 is 1. The van der Waals surface area contributed by atoms with Crippen LogP contribution in [0, 0.1) is 0 Å². The van der Waals surface area contributed by atoms with E-state index in [2.05, 4.69) is 20.3 Å². The molecule has 6 nitrogen and oxygen atoms in total. The van der Waals surface area contributed by atoms with Crippen molar-refractivity contribution in [1.29, 1.82) is 0 Å². The van der Waals surface area contributed by atoms with Crippen LogP contribution in [0.25, 0.3) is 22.3 Å². The zero-order valence-corrected chi connectivity index (χ0v) is 14.0. The van der Waals surface area contributed by atoms with Crippen LogP contribution < -0.4 is 10.1 Å². The molecule has 1 N–H and O–H groups in total. The number of nitrogens with zero attached hydrogens (tertiary/aromatic N) is 4. The molecule has 0 radical (unpaired) electrons. The maximum absolute atomic E-state index is 5.39. The Hall–Kier alpha value is -3.41. The van der Waals surface area contributed by atoms with Gasteiger partial charge < -0.3 is 14.6 Å². The summed E-state index contributed by atoms with van der Waals surface area (Å²) in [5.74, 6) is 1.49. The van der Waals surface area contributed by atoms with Crippen molar-refractivity contribution < 1.29 is 4.74 Å². The fraction of sp³-hybridized carbons (Fsp3) is 0.105. The van der Waals surface area contributed by atoms with Crippen LogP contribution in [0.2, 0.25) is 0 Å². The smallest absolute Gasteiger partial charge is 0.208 e. The molecule has 3 aromatic heterocycles. The minimum atomic E-state index is 0.727. The Morgan fingerprint density at radius 1 is 1.08 bits per heavy atom. The Morgan fingerprint density at radius 3 is 2.76 bits per heavy atom. The second-order valence-electron chi connectivity index (χ2n) is 5.62. The number of nitrogens with one attached hydrogen (secondary N) is 1. The Bertz CT molecular complexity index is 1030. The maximum atomic E-state index is 5.39. The van der Waals surface area contributed by atoms with Gasteiger partial charge >= 0.3 is 0 Å². The maximum Gasteiger partial charge on any atom is 0.208 e. The van der Waals surface area contributed by atoms with Crippen molar-refractivity contribution in [3.8, 4) is 17.0 Å². The fourth-order valence-corrected chi connectivity index (χ4v) is 2.75. The molecule has 0 saturated carbocycles. The van der Waals surface area contributed by atoms with Gasteiger partial charge in [-0.25, -0.2) is 4.98 Å². The van der Waals surface area contributed by atoms with E-state index in [4.69, 9.17) is 4.74 Å². The van der Waals surface area contributed by atoms with Crippen molar-refractivity contribution in [2.24, 2.45) is 7.05 Å². The largest absolute Gasteiger partial charge is 0.495 e. The Morgan fingerprint density at radius 2 is 1.96 bits per heavy atom. The highest BCUT2D eigenvalue weighted by Gasteiger charge is 2.12. The molecule has 0 saturated heterocycles. The van der Waals surface area contributed by atoms with Crippen LogP contribution in [0.3, 0.4) is 0 Å². The van der Waals surface area contributed by atoms with Gasteiger partial charge in [-0.15, -0.1) is 0 Å². The number of imidazole rings is 1. The van der Waals surface area contributed by atoms with Crippen LogP contribution in [0.4, 0.5) is 11.6 Å². The molecule has 0 bridgehead atoms. The van der Waals surface area contributed by atoms with Crippen LogP contribution in [-0.2, 0) is 7.05 Å². The van der Waals surface area contributed by atoms with Gasteiger partial charge in [0.2, 0.25) is 5.95 Å². The first kappa shape index (κ1) is 15.1. The molecule has 4 rings (SSSR count). The molecule has 3 heterocycles. The normalized spacial score (nSPS) is 10.8. The van der Waals surface area contributed by atoms with Gasteiger partial charge in [0.05, 0.1) is 30.2 Å². The van der Waals surface area contributed by atoms with Crippen molar-refractivity contribution in [3.63, 3.8) is 0 Å². The van der Waals surface area contributed by atoms with E-state index in [1.807, 2.05) is 54.1 Å². The number of aromatic nitrogens is 4. The molecule has 0 spiro atoms. The first-order chi connectivity index (χ1) is 12.3. The second kappa shape index (κ2) is 6.24. The van der Waals surface area contributed by atoms with Crippen LogP contribution in [0.15, 0.2) is 61.1 Å². The number of rotatable bonds is 4. The summed E-state index contributed by atoms with van der Waals surface area (Å²) in [6.07, 6.45) is 5.34. The monoisotopic (exact) mass is 331 g/mol. The third-order valence-electron chi connectivity index (χ3n) is 4.08. The van der Waals surface area contributed by atoms with E-state index >= 15 is 0 Å². The number of pyridine rings is 2. The molecule has 124 valence electrons. The van der Waals surface area contributed by atoms with Gasteiger partial charge in [0.15, 0.2) is 0 Å². The molecular formula is C19H17N5O. The minimum Gasteiger partial charge on any atom is -0.495 e. The van der Waals surface area contributed by atoms with Crippen LogP contribution in [0.5, 0.6) is 5.75 Å². The molecule has 0 atom stereocenters. The second-order valence-corrected chi connectivity index (χ2v) is 5.62. The molecule has 0 amide bonds. The average molecular weight is 331 g/mol. The number of fused-ring (bicyclic) bond motifs is 1. The highest BCUT2D eigenvalue weighted by atomic mass is 16.5. The van der Waals surface area contributed by atoms with Gasteiger partial charge in [-0.1, -0.05) is 12.1 Å². The first-order valence-corrected chi connectivity index (χ1v) is 7.89. The summed E-state index contributed by atoms with van der Waals surface area (Å²) in [5.41, 5.74) is 4.53. The zero-order chi connectivity index (χ0) is 17.2. The molecule has 1 aromatic carbocycles. The Balaban J connectivity index is 1.75. The molecular weight excluding hydrogens is 314 g/mol.